The van der Waals surface area contributed by atoms with Crippen LogP contribution in [-0.2, 0) is 19.4 Å². The third kappa shape index (κ3) is 3.68. The summed E-state index contributed by atoms with van der Waals surface area (Å²) >= 11 is 0. The molecule has 8 heteroatoms. The zero-order valence-corrected chi connectivity index (χ0v) is 19.0. The van der Waals surface area contributed by atoms with Gasteiger partial charge < -0.3 is 14.6 Å². The van der Waals surface area contributed by atoms with Crippen molar-refractivity contribution in [3.63, 3.8) is 0 Å². The number of hydrogen-bond donors (Lipinski definition) is 1. The number of carbonyl (C=O) groups excluding carboxylic acids is 1. The van der Waals surface area contributed by atoms with E-state index in [2.05, 4.69) is 36.9 Å². The van der Waals surface area contributed by atoms with Crippen molar-refractivity contribution in [3.8, 4) is 17.3 Å². The molecule has 0 saturated heterocycles. The lowest BCUT2D eigenvalue weighted by molar-refractivity contribution is 0.102. The van der Waals surface area contributed by atoms with Crippen molar-refractivity contribution >= 4 is 11.7 Å². The number of pyridine rings is 1. The zero-order chi connectivity index (χ0) is 22.5. The molecule has 0 spiro atoms. The van der Waals surface area contributed by atoms with Gasteiger partial charge >= 0.3 is 0 Å². The van der Waals surface area contributed by atoms with Crippen molar-refractivity contribution in [2.45, 2.75) is 57.7 Å². The summed E-state index contributed by atoms with van der Waals surface area (Å²) in [5, 5.41) is 11.6. The Hall–Kier alpha value is -3.26. The molecule has 1 amide bonds. The summed E-state index contributed by atoms with van der Waals surface area (Å²) in [6, 6.07) is 10.7. The summed E-state index contributed by atoms with van der Waals surface area (Å²) in [4.78, 5) is 20.5. The predicted octanol–water partition coefficient (Wildman–Crippen LogP) is 3.63. The molecule has 3 aromatic rings. The van der Waals surface area contributed by atoms with Gasteiger partial charge in [0.15, 0.2) is 5.82 Å². The van der Waals surface area contributed by atoms with Crippen LogP contribution in [0.1, 0.15) is 59.5 Å². The van der Waals surface area contributed by atoms with Crippen molar-refractivity contribution < 1.29 is 9.53 Å². The molecule has 1 aliphatic carbocycles. The highest BCUT2D eigenvalue weighted by Gasteiger charge is 2.32. The average Bonchev–Trinajstić information content (AvgIpc) is 3.50. The zero-order valence-electron chi connectivity index (χ0n) is 19.0. The van der Waals surface area contributed by atoms with Crippen LogP contribution < -0.4 is 10.1 Å². The molecule has 1 aromatic carbocycles. The minimum atomic E-state index is -0.220. The predicted molar refractivity (Wildman–Crippen MR) is 124 cm³/mol. The van der Waals surface area contributed by atoms with Gasteiger partial charge in [0.1, 0.15) is 23.1 Å². The SMILES string of the molecule is COc1cc2c(cc1C(=O)Nc1cccc(-c3nnc4n3[C@H](C)CC4)n1)CN(C1CC1)CC2. The number of anilines is 1. The largest absolute Gasteiger partial charge is 0.496 e. The maximum absolute atomic E-state index is 13.3. The minimum absolute atomic E-state index is 0.220. The lowest BCUT2D eigenvalue weighted by Gasteiger charge is -2.29. The number of ether oxygens (including phenoxy) is 1. The first-order valence-corrected chi connectivity index (χ1v) is 11.8. The summed E-state index contributed by atoms with van der Waals surface area (Å²) < 4.78 is 7.73. The van der Waals surface area contributed by atoms with Crippen molar-refractivity contribution in [2.24, 2.45) is 0 Å². The van der Waals surface area contributed by atoms with E-state index in [1.165, 1.54) is 24.0 Å². The number of amides is 1. The summed E-state index contributed by atoms with van der Waals surface area (Å²) in [5.74, 6) is 2.61. The molecule has 8 nitrogen and oxygen atoms in total. The monoisotopic (exact) mass is 444 g/mol. The van der Waals surface area contributed by atoms with Gasteiger partial charge in [-0.1, -0.05) is 6.07 Å². The molecule has 0 unspecified atom stereocenters. The third-order valence-electron chi connectivity index (χ3n) is 7.08. The van der Waals surface area contributed by atoms with Crippen LogP contribution in [0, 0.1) is 0 Å². The molecule has 1 atom stereocenters. The van der Waals surface area contributed by atoms with Gasteiger partial charge in [0.2, 0.25) is 0 Å². The maximum Gasteiger partial charge on any atom is 0.260 e. The fourth-order valence-electron chi connectivity index (χ4n) is 5.12. The summed E-state index contributed by atoms with van der Waals surface area (Å²) in [5.41, 5.74) is 3.74. The van der Waals surface area contributed by atoms with E-state index in [0.29, 0.717) is 34.9 Å². The lowest BCUT2D eigenvalue weighted by Crippen LogP contribution is -2.32. The Morgan fingerprint density at radius 1 is 1.12 bits per heavy atom. The minimum Gasteiger partial charge on any atom is -0.496 e. The van der Waals surface area contributed by atoms with Gasteiger partial charge in [-0.3, -0.25) is 9.69 Å². The maximum atomic E-state index is 13.3. The van der Waals surface area contributed by atoms with E-state index in [1.807, 2.05) is 24.3 Å². The quantitative estimate of drug-likeness (QED) is 0.647. The molecule has 2 aromatic heterocycles. The van der Waals surface area contributed by atoms with Crippen LogP contribution >= 0.6 is 0 Å². The van der Waals surface area contributed by atoms with Gasteiger partial charge in [-0.2, -0.15) is 0 Å². The van der Waals surface area contributed by atoms with Gasteiger partial charge in [0.25, 0.3) is 5.91 Å². The number of aromatic nitrogens is 4. The molecule has 0 bridgehead atoms. The number of carbonyl (C=O) groups is 1. The Morgan fingerprint density at radius 2 is 2.00 bits per heavy atom. The first-order valence-electron chi connectivity index (χ1n) is 11.8. The Balaban J connectivity index is 1.27. The summed E-state index contributed by atoms with van der Waals surface area (Å²) in [6.45, 7) is 4.14. The molecule has 6 rings (SSSR count). The van der Waals surface area contributed by atoms with E-state index in [1.54, 1.807) is 13.2 Å². The number of benzene rings is 1. The fourth-order valence-corrected chi connectivity index (χ4v) is 5.12. The highest BCUT2D eigenvalue weighted by atomic mass is 16.5. The van der Waals surface area contributed by atoms with Crippen molar-refractivity contribution in [3.05, 3.63) is 52.8 Å². The van der Waals surface area contributed by atoms with E-state index in [4.69, 9.17) is 4.74 Å². The average molecular weight is 445 g/mol. The first-order chi connectivity index (χ1) is 16.1. The van der Waals surface area contributed by atoms with E-state index < -0.39 is 0 Å². The molecule has 33 heavy (non-hydrogen) atoms. The van der Waals surface area contributed by atoms with Gasteiger partial charge in [0.05, 0.1) is 12.7 Å². The number of nitrogens with one attached hydrogen (secondary N) is 1. The normalized spacial score (nSPS) is 19.8. The van der Waals surface area contributed by atoms with Gasteiger partial charge in [-0.05, 0) is 68.0 Å². The number of methoxy groups -OCH3 is 1. The van der Waals surface area contributed by atoms with Crippen molar-refractivity contribution in [1.82, 2.24) is 24.6 Å². The Morgan fingerprint density at radius 3 is 2.82 bits per heavy atom. The van der Waals surface area contributed by atoms with E-state index in [9.17, 15) is 4.79 Å². The number of aryl methyl sites for hydroxylation is 1. The third-order valence-corrected chi connectivity index (χ3v) is 7.08. The molecule has 3 aliphatic rings. The second-order valence-electron chi connectivity index (χ2n) is 9.33. The second kappa shape index (κ2) is 7.95. The van der Waals surface area contributed by atoms with E-state index >= 15 is 0 Å². The van der Waals surface area contributed by atoms with Crippen LogP contribution in [0.2, 0.25) is 0 Å². The molecule has 2 aliphatic heterocycles. The molecule has 0 radical (unpaired) electrons. The molecular weight excluding hydrogens is 416 g/mol. The fraction of sp³-hybridized carbons (Fsp3) is 0.440. The highest BCUT2D eigenvalue weighted by molar-refractivity contribution is 6.06. The van der Waals surface area contributed by atoms with Gasteiger partial charge in [-0.15, -0.1) is 10.2 Å². The molecule has 1 N–H and O–H groups in total. The van der Waals surface area contributed by atoms with Crippen LogP contribution in [0.25, 0.3) is 11.5 Å². The van der Waals surface area contributed by atoms with Crippen LogP contribution in [0.15, 0.2) is 30.3 Å². The highest BCUT2D eigenvalue weighted by Crippen LogP contribution is 2.34. The summed E-state index contributed by atoms with van der Waals surface area (Å²) in [7, 11) is 1.61. The molecular formula is C25H28N6O2. The van der Waals surface area contributed by atoms with E-state index in [-0.39, 0.29) is 5.91 Å². The number of nitrogens with zero attached hydrogens (tertiary/aromatic N) is 5. The van der Waals surface area contributed by atoms with Crippen molar-refractivity contribution in [1.29, 1.82) is 0 Å². The molecule has 1 saturated carbocycles. The van der Waals surface area contributed by atoms with Crippen LogP contribution in [0.5, 0.6) is 5.75 Å². The van der Waals surface area contributed by atoms with Crippen LogP contribution in [-0.4, -0.2) is 50.3 Å². The van der Waals surface area contributed by atoms with Gasteiger partial charge in [0, 0.05) is 31.6 Å². The molecule has 170 valence electrons. The van der Waals surface area contributed by atoms with Crippen LogP contribution in [0.4, 0.5) is 5.82 Å². The topological polar surface area (TPSA) is 85.2 Å². The van der Waals surface area contributed by atoms with Gasteiger partial charge in [-0.25, -0.2) is 4.98 Å². The Bertz CT molecular complexity index is 1230. The Kier molecular flexibility index (Phi) is 4.90. The Labute approximate surface area is 193 Å². The molecule has 1 fully saturated rings. The van der Waals surface area contributed by atoms with Crippen LogP contribution in [0.3, 0.4) is 0 Å². The number of hydrogen-bond acceptors (Lipinski definition) is 6. The van der Waals surface area contributed by atoms with Crippen molar-refractivity contribution in [2.75, 3.05) is 19.0 Å². The number of fused-ring (bicyclic) bond motifs is 2. The van der Waals surface area contributed by atoms with E-state index in [0.717, 1.165) is 44.0 Å². The summed E-state index contributed by atoms with van der Waals surface area (Å²) in [6.07, 6.45) is 5.56. The molecule has 4 heterocycles. The number of rotatable bonds is 5. The smallest absolute Gasteiger partial charge is 0.260 e. The second-order valence-corrected chi connectivity index (χ2v) is 9.33. The standard InChI is InChI=1S/C25H28N6O2/c1-15-6-9-23-28-29-24(31(15)23)20-4-3-5-22(26-20)27-25(32)19-12-17-14-30(18-7-8-18)11-10-16(17)13-21(19)33-2/h3-5,12-13,15,18H,6-11,14H2,1-2H3,(H,26,27,32)/t15-/m1/s1. The lowest BCUT2D eigenvalue weighted by atomic mass is 9.96. The first kappa shape index (κ1) is 20.4.